The molecule has 144 valence electrons. The monoisotopic (exact) mass is 628 g/mol. The molecule has 0 fully saturated rings. The third-order valence-electron chi connectivity index (χ3n) is 3.14. The van der Waals surface area contributed by atoms with Gasteiger partial charge in [-0.2, -0.15) is 5.10 Å². The number of rotatable bonds is 6. The average molecular weight is 632 g/mol. The van der Waals surface area contributed by atoms with E-state index < -0.39 is 5.91 Å². The normalized spacial score (nSPS) is 10.9. The molecule has 2 aromatic rings. The molecule has 0 bridgehead atoms. The number of halogens is 4. The minimum atomic E-state index is -0.487. The summed E-state index contributed by atoms with van der Waals surface area (Å²) in [5.41, 5.74) is 2.76. The molecule has 2 rings (SSSR count). The predicted molar refractivity (Wildman–Crippen MR) is 115 cm³/mol. The van der Waals surface area contributed by atoms with Crippen molar-refractivity contribution in [3.8, 4) is 23.0 Å². The number of nitrogens with one attached hydrogen (secondary N) is 1. The number of phenolic OH excluding ortho intramolecular Hbond substituents is 2. The predicted octanol–water partition coefficient (Wildman–Crippen LogP) is 4.69. The van der Waals surface area contributed by atoms with Gasteiger partial charge in [-0.25, -0.2) is 5.43 Å². The van der Waals surface area contributed by atoms with Gasteiger partial charge in [0.05, 0.1) is 31.2 Å². The molecule has 0 saturated carbocycles. The summed E-state index contributed by atoms with van der Waals surface area (Å²) < 4.78 is 12.4. The van der Waals surface area contributed by atoms with Gasteiger partial charge in [-0.1, -0.05) is 0 Å². The maximum absolute atomic E-state index is 11.9. The summed E-state index contributed by atoms with van der Waals surface area (Å²) in [4.78, 5) is 11.9. The van der Waals surface area contributed by atoms with Crippen LogP contribution in [-0.4, -0.2) is 36.1 Å². The zero-order valence-electron chi connectivity index (χ0n) is 13.6. The van der Waals surface area contributed by atoms with Crippen molar-refractivity contribution in [1.29, 1.82) is 0 Å². The summed E-state index contributed by atoms with van der Waals surface area (Å²) in [5, 5.41) is 23.2. The van der Waals surface area contributed by atoms with Gasteiger partial charge in [0, 0.05) is 5.56 Å². The number of amides is 1. The quantitative estimate of drug-likeness (QED) is 0.244. The first kappa shape index (κ1) is 22.0. The Labute approximate surface area is 188 Å². The summed E-state index contributed by atoms with van der Waals surface area (Å²) in [7, 11) is 1.55. The number of hydrogen-bond donors (Lipinski definition) is 3. The lowest BCUT2D eigenvalue weighted by Gasteiger charge is -2.11. The van der Waals surface area contributed by atoms with Crippen LogP contribution >= 0.6 is 63.7 Å². The van der Waals surface area contributed by atoms with Crippen molar-refractivity contribution in [3.05, 3.63) is 41.7 Å². The zero-order chi connectivity index (χ0) is 20.1. The first-order chi connectivity index (χ1) is 12.7. The molecule has 11 heteroatoms. The fourth-order valence-electron chi connectivity index (χ4n) is 1.85. The standard InChI is InChI=1S/C16H12Br4N2O5/c1-26-8-3-10(18)16(11(19)4-8)27-6-12(23)22-21-5-7-2-9(17)14(24)15(25)13(7)20/h2-5,24-25H,6H2,1H3,(H,22,23)/b21-5-. The number of benzene rings is 2. The van der Waals surface area contributed by atoms with Crippen molar-refractivity contribution in [2.45, 2.75) is 0 Å². The first-order valence-corrected chi connectivity index (χ1v) is 10.3. The molecule has 3 N–H and O–H groups in total. The summed E-state index contributed by atoms with van der Waals surface area (Å²) in [5.74, 6) is -0.0463. The Morgan fingerprint density at radius 2 is 1.74 bits per heavy atom. The number of carbonyl (C=O) groups excluding carboxylic acids is 1. The summed E-state index contributed by atoms with van der Waals surface area (Å²) in [6.07, 6.45) is 1.31. The molecule has 0 aliphatic rings. The molecular formula is C16H12Br4N2O5. The Morgan fingerprint density at radius 3 is 2.33 bits per heavy atom. The van der Waals surface area contributed by atoms with E-state index in [0.29, 0.717) is 26.0 Å². The maximum Gasteiger partial charge on any atom is 0.277 e. The Bertz CT molecular complexity index is 882. The SMILES string of the molecule is COc1cc(Br)c(OCC(=O)N/N=C\c2cc(Br)c(O)c(O)c2Br)c(Br)c1. The van der Waals surface area contributed by atoms with E-state index in [1.807, 2.05) is 0 Å². The fourth-order valence-corrected chi connectivity index (χ4v) is 4.06. The third kappa shape index (κ3) is 5.59. The van der Waals surface area contributed by atoms with E-state index >= 15 is 0 Å². The van der Waals surface area contributed by atoms with Crippen molar-refractivity contribution >= 4 is 75.8 Å². The molecule has 0 spiro atoms. The molecule has 2 aromatic carbocycles. The highest BCUT2D eigenvalue weighted by molar-refractivity contribution is 9.11. The Kier molecular flexibility index (Phi) is 7.95. The van der Waals surface area contributed by atoms with Gasteiger partial charge in [0.25, 0.3) is 5.91 Å². The molecule has 1 amide bonds. The summed E-state index contributed by atoms with van der Waals surface area (Å²) in [6.45, 7) is -0.271. The lowest BCUT2D eigenvalue weighted by molar-refractivity contribution is -0.123. The van der Waals surface area contributed by atoms with Gasteiger partial charge in [-0.15, -0.1) is 0 Å². The zero-order valence-corrected chi connectivity index (χ0v) is 19.9. The Hall–Kier alpha value is -1.30. The minimum Gasteiger partial charge on any atom is -0.503 e. The molecule has 27 heavy (non-hydrogen) atoms. The molecular weight excluding hydrogens is 620 g/mol. The highest BCUT2D eigenvalue weighted by atomic mass is 79.9. The highest BCUT2D eigenvalue weighted by Gasteiger charge is 2.14. The lowest BCUT2D eigenvalue weighted by Crippen LogP contribution is -2.24. The van der Waals surface area contributed by atoms with Crippen molar-refractivity contribution in [1.82, 2.24) is 5.43 Å². The summed E-state index contributed by atoms with van der Waals surface area (Å²) >= 11 is 12.9. The van der Waals surface area contributed by atoms with Crippen LogP contribution in [-0.2, 0) is 4.79 Å². The molecule has 0 aliphatic heterocycles. The van der Waals surface area contributed by atoms with Gasteiger partial charge in [0.2, 0.25) is 0 Å². The second-order valence-corrected chi connectivity index (χ2v) is 8.32. The number of carbonyl (C=O) groups is 1. The highest BCUT2D eigenvalue weighted by Crippen LogP contribution is 2.41. The van der Waals surface area contributed by atoms with E-state index in [2.05, 4.69) is 74.2 Å². The van der Waals surface area contributed by atoms with Crippen molar-refractivity contribution < 1.29 is 24.5 Å². The number of phenols is 2. The van der Waals surface area contributed by atoms with E-state index in [1.54, 1.807) is 19.2 Å². The largest absolute Gasteiger partial charge is 0.503 e. The van der Waals surface area contributed by atoms with Gasteiger partial charge < -0.3 is 19.7 Å². The number of methoxy groups -OCH3 is 1. The second kappa shape index (κ2) is 9.76. The van der Waals surface area contributed by atoms with Crippen LogP contribution in [0.4, 0.5) is 0 Å². The van der Waals surface area contributed by atoms with Crippen LogP contribution in [0.25, 0.3) is 0 Å². The van der Waals surface area contributed by atoms with Crippen LogP contribution in [0.2, 0.25) is 0 Å². The van der Waals surface area contributed by atoms with E-state index in [0.717, 1.165) is 0 Å². The van der Waals surface area contributed by atoms with Crippen molar-refractivity contribution in [2.75, 3.05) is 13.7 Å². The van der Waals surface area contributed by atoms with E-state index in [-0.39, 0.29) is 27.1 Å². The molecule has 0 aromatic heterocycles. The van der Waals surface area contributed by atoms with Gasteiger partial charge in [-0.05, 0) is 81.9 Å². The second-order valence-electron chi connectivity index (χ2n) is 4.96. The number of hydrogen-bond acceptors (Lipinski definition) is 6. The van der Waals surface area contributed by atoms with Crippen LogP contribution in [0.15, 0.2) is 41.2 Å². The lowest BCUT2D eigenvalue weighted by atomic mass is 10.2. The molecule has 0 unspecified atom stereocenters. The fraction of sp³-hybridized carbons (Fsp3) is 0.125. The smallest absolute Gasteiger partial charge is 0.277 e. The number of aromatic hydroxyl groups is 2. The van der Waals surface area contributed by atoms with Crippen LogP contribution in [0.3, 0.4) is 0 Å². The minimum absolute atomic E-state index is 0.239. The van der Waals surface area contributed by atoms with Gasteiger partial charge in [-0.3, -0.25) is 4.79 Å². The third-order valence-corrected chi connectivity index (χ3v) is 5.76. The molecule has 0 heterocycles. The van der Waals surface area contributed by atoms with E-state index in [1.165, 1.54) is 12.3 Å². The van der Waals surface area contributed by atoms with Gasteiger partial charge in [0.15, 0.2) is 18.1 Å². The first-order valence-electron chi connectivity index (χ1n) is 7.12. The van der Waals surface area contributed by atoms with Crippen LogP contribution in [0, 0.1) is 0 Å². The average Bonchev–Trinajstić information content (AvgIpc) is 2.63. The molecule has 7 nitrogen and oxygen atoms in total. The van der Waals surface area contributed by atoms with Crippen LogP contribution < -0.4 is 14.9 Å². The Morgan fingerprint density at radius 1 is 1.11 bits per heavy atom. The summed E-state index contributed by atoms with van der Waals surface area (Å²) in [6, 6.07) is 4.95. The van der Waals surface area contributed by atoms with E-state index in [9.17, 15) is 15.0 Å². The van der Waals surface area contributed by atoms with Crippen molar-refractivity contribution in [3.63, 3.8) is 0 Å². The number of hydrazone groups is 1. The van der Waals surface area contributed by atoms with Crippen LogP contribution in [0.1, 0.15) is 5.56 Å². The molecule has 0 saturated heterocycles. The number of ether oxygens (including phenoxy) is 2. The molecule has 0 atom stereocenters. The van der Waals surface area contributed by atoms with Gasteiger partial charge >= 0.3 is 0 Å². The van der Waals surface area contributed by atoms with Crippen LogP contribution in [0.5, 0.6) is 23.0 Å². The molecule has 0 aliphatic carbocycles. The number of nitrogens with zero attached hydrogens (tertiary/aromatic N) is 1. The maximum atomic E-state index is 11.9. The molecule has 0 radical (unpaired) electrons. The van der Waals surface area contributed by atoms with E-state index in [4.69, 9.17) is 9.47 Å². The van der Waals surface area contributed by atoms with Gasteiger partial charge in [0.1, 0.15) is 11.5 Å². The Balaban J connectivity index is 1.99. The van der Waals surface area contributed by atoms with Crippen molar-refractivity contribution in [2.24, 2.45) is 5.10 Å². The topological polar surface area (TPSA) is 100 Å².